The molecular formula is C9H8BrClN2. The van der Waals surface area contributed by atoms with Gasteiger partial charge in [-0.3, -0.25) is 0 Å². The molecule has 68 valence electrons. The Morgan fingerprint density at radius 2 is 2.15 bits per heavy atom. The van der Waals surface area contributed by atoms with Crippen molar-refractivity contribution in [1.29, 1.82) is 0 Å². The lowest BCUT2D eigenvalue weighted by atomic mass is 10.1. The standard InChI is InChI=1S/C9H8BrClN2/c1-4-3-12-7-6(4)5(2)8(10)13-9(7)11/h3,12H,1-2H3. The molecule has 0 aromatic carbocycles. The van der Waals surface area contributed by atoms with Crippen molar-refractivity contribution in [2.45, 2.75) is 13.8 Å². The van der Waals surface area contributed by atoms with Crippen LogP contribution in [-0.2, 0) is 0 Å². The van der Waals surface area contributed by atoms with Gasteiger partial charge in [-0.1, -0.05) is 11.6 Å². The summed E-state index contributed by atoms with van der Waals surface area (Å²) in [6, 6.07) is 0. The number of aromatic amines is 1. The Labute approximate surface area is 89.4 Å². The van der Waals surface area contributed by atoms with Crippen LogP contribution in [0, 0.1) is 13.8 Å². The highest BCUT2D eigenvalue weighted by molar-refractivity contribution is 9.10. The number of pyridine rings is 1. The van der Waals surface area contributed by atoms with Gasteiger partial charge in [0.05, 0.1) is 5.52 Å². The molecule has 0 amide bonds. The lowest BCUT2D eigenvalue weighted by molar-refractivity contribution is 1.24. The number of rotatable bonds is 0. The summed E-state index contributed by atoms with van der Waals surface area (Å²) in [7, 11) is 0. The molecule has 0 spiro atoms. The van der Waals surface area contributed by atoms with E-state index in [2.05, 4.69) is 32.8 Å². The molecule has 4 heteroatoms. The predicted octanol–water partition coefficient (Wildman–Crippen LogP) is 3.60. The van der Waals surface area contributed by atoms with Crippen molar-refractivity contribution >= 4 is 38.4 Å². The van der Waals surface area contributed by atoms with Gasteiger partial charge in [0.2, 0.25) is 0 Å². The molecule has 0 atom stereocenters. The minimum Gasteiger partial charge on any atom is -0.358 e. The van der Waals surface area contributed by atoms with E-state index in [1.165, 1.54) is 5.56 Å². The average molecular weight is 260 g/mol. The van der Waals surface area contributed by atoms with E-state index in [1.54, 1.807) is 0 Å². The number of nitrogens with zero attached hydrogens (tertiary/aromatic N) is 1. The topological polar surface area (TPSA) is 28.7 Å². The number of hydrogen-bond donors (Lipinski definition) is 1. The van der Waals surface area contributed by atoms with Crippen molar-refractivity contribution in [3.63, 3.8) is 0 Å². The molecule has 2 aromatic rings. The summed E-state index contributed by atoms with van der Waals surface area (Å²) in [6.45, 7) is 4.07. The Kier molecular flexibility index (Phi) is 2.08. The van der Waals surface area contributed by atoms with Crippen molar-refractivity contribution in [3.05, 3.63) is 27.1 Å². The highest BCUT2D eigenvalue weighted by Crippen LogP contribution is 2.30. The maximum Gasteiger partial charge on any atom is 0.154 e. The number of aryl methyl sites for hydroxylation is 2. The smallest absolute Gasteiger partial charge is 0.154 e. The maximum atomic E-state index is 5.98. The monoisotopic (exact) mass is 258 g/mol. The minimum atomic E-state index is 0.514. The maximum absolute atomic E-state index is 5.98. The van der Waals surface area contributed by atoms with Crippen LogP contribution in [0.25, 0.3) is 10.9 Å². The molecule has 0 saturated carbocycles. The minimum absolute atomic E-state index is 0.514. The van der Waals surface area contributed by atoms with Crippen LogP contribution in [0.1, 0.15) is 11.1 Å². The molecule has 2 nitrogen and oxygen atoms in total. The summed E-state index contributed by atoms with van der Waals surface area (Å²) in [5.41, 5.74) is 3.23. The molecule has 0 saturated heterocycles. The van der Waals surface area contributed by atoms with Gasteiger partial charge in [0.25, 0.3) is 0 Å². The molecule has 0 radical (unpaired) electrons. The first kappa shape index (κ1) is 9.03. The molecule has 1 N–H and O–H groups in total. The highest BCUT2D eigenvalue weighted by Gasteiger charge is 2.10. The van der Waals surface area contributed by atoms with E-state index in [4.69, 9.17) is 11.6 Å². The largest absolute Gasteiger partial charge is 0.358 e. The Balaban J connectivity index is 3.00. The number of fused-ring (bicyclic) bond motifs is 1. The molecule has 0 fully saturated rings. The molecular weight excluding hydrogens is 251 g/mol. The van der Waals surface area contributed by atoms with Gasteiger partial charge in [-0.25, -0.2) is 4.98 Å². The van der Waals surface area contributed by atoms with Crippen LogP contribution < -0.4 is 0 Å². The lowest BCUT2D eigenvalue weighted by Crippen LogP contribution is -1.86. The second-order valence-corrected chi connectivity index (χ2v) is 4.15. The van der Waals surface area contributed by atoms with Crippen molar-refractivity contribution in [1.82, 2.24) is 9.97 Å². The zero-order valence-corrected chi connectivity index (χ0v) is 9.62. The number of hydrogen-bond acceptors (Lipinski definition) is 1. The molecule has 0 bridgehead atoms. The molecule has 0 unspecified atom stereocenters. The van der Waals surface area contributed by atoms with Gasteiger partial charge in [-0.2, -0.15) is 0 Å². The van der Waals surface area contributed by atoms with Gasteiger partial charge in [0, 0.05) is 11.6 Å². The van der Waals surface area contributed by atoms with E-state index in [-0.39, 0.29) is 0 Å². The summed E-state index contributed by atoms with van der Waals surface area (Å²) in [5.74, 6) is 0. The Bertz CT molecular complexity index is 476. The number of nitrogens with one attached hydrogen (secondary N) is 1. The van der Waals surface area contributed by atoms with Gasteiger partial charge >= 0.3 is 0 Å². The summed E-state index contributed by atoms with van der Waals surface area (Å²) in [6.07, 6.45) is 1.94. The third-order valence-electron chi connectivity index (χ3n) is 2.16. The molecule has 0 aliphatic rings. The van der Waals surface area contributed by atoms with E-state index in [9.17, 15) is 0 Å². The molecule has 13 heavy (non-hydrogen) atoms. The number of aromatic nitrogens is 2. The quantitative estimate of drug-likeness (QED) is 0.720. The van der Waals surface area contributed by atoms with Crippen LogP contribution in [0.2, 0.25) is 5.15 Å². The Morgan fingerprint density at radius 1 is 1.46 bits per heavy atom. The van der Waals surface area contributed by atoms with Gasteiger partial charge in [-0.05, 0) is 40.9 Å². The molecule has 2 aromatic heterocycles. The number of H-pyrrole nitrogens is 1. The van der Waals surface area contributed by atoms with Gasteiger partial charge in [0.15, 0.2) is 5.15 Å². The van der Waals surface area contributed by atoms with Crippen LogP contribution in [-0.4, -0.2) is 9.97 Å². The third kappa shape index (κ3) is 1.27. The van der Waals surface area contributed by atoms with E-state index in [0.29, 0.717) is 5.15 Å². The zero-order chi connectivity index (χ0) is 9.59. The van der Waals surface area contributed by atoms with Gasteiger partial charge < -0.3 is 4.98 Å². The van der Waals surface area contributed by atoms with Crippen LogP contribution >= 0.6 is 27.5 Å². The van der Waals surface area contributed by atoms with Crippen molar-refractivity contribution in [2.75, 3.05) is 0 Å². The molecule has 0 aliphatic carbocycles. The highest BCUT2D eigenvalue weighted by atomic mass is 79.9. The summed E-state index contributed by atoms with van der Waals surface area (Å²) < 4.78 is 0.813. The fourth-order valence-corrected chi connectivity index (χ4v) is 2.21. The van der Waals surface area contributed by atoms with Gasteiger partial charge in [0.1, 0.15) is 4.60 Å². The first-order chi connectivity index (χ1) is 6.11. The average Bonchev–Trinajstić information content (AvgIpc) is 2.44. The van der Waals surface area contributed by atoms with Crippen LogP contribution in [0.3, 0.4) is 0 Å². The Morgan fingerprint density at radius 3 is 2.85 bits per heavy atom. The first-order valence-electron chi connectivity index (χ1n) is 3.90. The Hall–Kier alpha value is -0.540. The van der Waals surface area contributed by atoms with Crippen LogP contribution in [0.5, 0.6) is 0 Å². The second-order valence-electron chi connectivity index (χ2n) is 3.04. The van der Waals surface area contributed by atoms with Crippen molar-refractivity contribution in [3.8, 4) is 0 Å². The van der Waals surface area contributed by atoms with Crippen LogP contribution in [0.15, 0.2) is 10.8 Å². The van der Waals surface area contributed by atoms with Gasteiger partial charge in [-0.15, -0.1) is 0 Å². The summed E-state index contributed by atoms with van der Waals surface area (Å²) >= 11 is 9.35. The van der Waals surface area contributed by atoms with Crippen LogP contribution in [0.4, 0.5) is 0 Å². The second kappa shape index (κ2) is 3.00. The summed E-state index contributed by atoms with van der Waals surface area (Å²) in [5, 5.41) is 1.67. The number of halogens is 2. The van der Waals surface area contributed by atoms with E-state index in [1.807, 2.05) is 13.1 Å². The third-order valence-corrected chi connectivity index (χ3v) is 3.21. The van der Waals surface area contributed by atoms with Crippen molar-refractivity contribution in [2.24, 2.45) is 0 Å². The first-order valence-corrected chi connectivity index (χ1v) is 5.07. The fraction of sp³-hybridized carbons (Fsp3) is 0.222. The molecule has 2 heterocycles. The summed E-state index contributed by atoms with van der Waals surface area (Å²) in [4.78, 5) is 7.27. The fourth-order valence-electron chi connectivity index (χ4n) is 1.50. The predicted molar refractivity (Wildman–Crippen MR) is 58.3 cm³/mol. The van der Waals surface area contributed by atoms with E-state index >= 15 is 0 Å². The lowest BCUT2D eigenvalue weighted by Gasteiger charge is -2.02. The van der Waals surface area contributed by atoms with E-state index < -0.39 is 0 Å². The zero-order valence-electron chi connectivity index (χ0n) is 7.28. The molecule has 0 aliphatic heterocycles. The van der Waals surface area contributed by atoms with E-state index in [0.717, 1.165) is 21.1 Å². The SMILES string of the molecule is Cc1c[nH]c2c(Cl)nc(Br)c(C)c12. The normalized spacial score (nSPS) is 11.1. The van der Waals surface area contributed by atoms with Crippen molar-refractivity contribution < 1.29 is 0 Å². The molecule has 2 rings (SSSR count).